The van der Waals surface area contributed by atoms with Crippen LogP contribution in [-0.2, 0) is 9.53 Å². The predicted octanol–water partition coefficient (Wildman–Crippen LogP) is 1.47. The second kappa shape index (κ2) is 5.53. The lowest BCUT2D eigenvalue weighted by atomic mass is 9.64. The third-order valence-electron chi connectivity index (χ3n) is 4.03. The first-order valence-electron chi connectivity index (χ1n) is 6.34. The summed E-state index contributed by atoms with van der Waals surface area (Å²) in [6.07, 6.45) is 1.04. The Kier molecular flexibility index (Phi) is 4.72. The van der Waals surface area contributed by atoms with Gasteiger partial charge in [-0.25, -0.2) is 0 Å². The summed E-state index contributed by atoms with van der Waals surface area (Å²) in [6.45, 7) is 8.10. The van der Waals surface area contributed by atoms with Crippen molar-refractivity contribution in [3.8, 4) is 0 Å². The molecule has 104 valence electrons. The van der Waals surface area contributed by atoms with E-state index in [-0.39, 0.29) is 34.4 Å². The van der Waals surface area contributed by atoms with Crippen LogP contribution in [0.3, 0.4) is 0 Å². The number of amides is 1. The Morgan fingerprint density at radius 1 is 1.50 bits per heavy atom. The molecule has 1 amide bonds. The highest BCUT2D eigenvalue weighted by atomic mass is 32.1. The molecule has 0 aromatic carbocycles. The fraction of sp³-hybridized carbons (Fsp3) is 0.846. The summed E-state index contributed by atoms with van der Waals surface area (Å²) in [5.74, 6) is -0.341. The van der Waals surface area contributed by atoms with Crippen LogP contribution >= 0.6 is 12.2 Å². The minimum absolute atomic E-state index is 0.0395. The van der Waals surface area contributed by atoms with Crippen LogP contribution in [0.5, 0.6) is 0 Å². The van der Waals surface area contributed by atoms with Gasteiger partial charge < -0.3 is 15.8 Å². The van der Waals surface area contributed by atoms with Crippen LogP contribution in [0, 0.1) is 17.3 Å². The van der Waals surface area contributed by atoms with E-state index >= 15 is 0 Å². The summed E-state index contributed by atoms with van der Waals surface area (Å²) in [6, 6.07) is 0.130. The van der Waals surface area contributed by atoms with Crippen molar-refractivity contribution >= 4 is 23.1 Å². The molecule has 1 aliphatic carbocycles. The number of thiocarbonyl (C=S) groups is 1. The van der Waals surface area contributed by atoms with Gasteiger partial charge in [-0.15, -0.1) is 0 Å². The molecule has 0 aromatic rings. The van der Waals surface area contributed by atoms with Crippen molar-refractivity contribution in [3.05, 3.63) is 0 Å². The largest absolute Gasteiger partial charge is 0.393 e. The maximum atomic E-state index is 12.2. The fourth-order valence-electron chi connectivity index (χ4n) is 2.55. The highest BCUT2D eigenvalue weighted by molar-refractivity contribution is 7.80. The summed E-state index contributed by atoms with van der Waals surface area (Å²) in [4.78, 5) is 12.5. The highest BCUT2D eigenvalue weighted by Gasteiger charge is 2.49. The van der Waals surface area contributed by atoms with Crippen LogP contribution in [0.15, 0.2) is 0 Å². The number of hydrogen-bond donors (Lipinski definition) is 2. The number of methoxy groups -OCH3 is 1. The Morgan fingerprint density at radius 3 is 2.39 bits per heavy atom. The summed E-state index contributed by atoms with van der Waals surface area (Å²) < 4.78 is 5.37. The van der Waals surface area contributed by atoms with Crippen LogP contribution in [0.25, 0.3) is 0 Å². The Bertz CT molecular complexity index is 342. The van der Waals surface area contributed by atoms with Crippen LogP contribution in [0.4, 0.5) is 0 Å². The van der Waals surface area contributed by atoms with Gasteiger partial charge in [0.15, 0.2) is 0 Å². The molecule has 0 spiro atoms. The molecule has 3 unspecified atom stereocenters. The Hall–Kier alpha value is -0.680. The predicted molar refractivity (Wildman–Crippen MR) is 76.2 cm³/mol. The standard InChI is InChI=1S/C13H24N2O2S/c1-7(2)10(11(14)18)12(16)15-8-6-9(17-5)13(8,3)4/h7-10H,6H2,1-5H3,(H2,14,18)(H,15,16). The first kappa shape index (κ1) is 15.4. The summed E-state index contributed by atoms with van der Waals surface area (Å²) in [5, 5.41) is 3.05. The molecule has 4 nitrogen and oxygen atoms in total. The topological polar surface area (TPSA) is 64.3 Å². The monoisotopic (exact) mass is 272 g/mol. The molecule has 0 aliphatic heterocycles. The summed E-state index contributed by atoms with van der Waals surface area (Å²) in [7, 11) is 1.70. The van der Waals surface area contributed by atoms with Gasteiger partial charge >= 0.3 is 0 Å². The molecule has 0 saturated heterocycles. The van der Waals surface area contributed by atoms with Gasteiger partial charge in [-0.2, -0.15) is 0 Å². The highest BCUT2D eigenvalue weighted by Crippen LogP contribution is 2.42. The van der Waals surface area contributed by atoms with E-state index in [0.717, 1.165) is 6.42 Å². The van der Waals surface area contributed by atoms with Crippen LogP contribution in [0.1, 0.15) is 34.1 Å². The first-order valence-corrected chi connectivity index (χ1v) is 6.75. The molecule has 0 bridgehead atoms. The van der Waals surface area contributed by atoms with Crippen molar-refractivity contribution in [1.82, 2.24) is 5.32 Å². The Balaban J connectivity index is 2.64. The van der Waals surface area contributed by atoms with Gasteiger partial charge in [0.05, 0.1) is 17.0 Å². The van der Waals surface area contributed by atoms with E-state index in [0.29, 0.717) is 0 Å². The molecule has 3 N–H and O–H groups in total. The van der Waals surface area contributed by atoms with Gasteiger partial charge in [0.1, 0.15) is 0 Å². The lowest BCUT2D eigenvalue weighted by molar-refractivity contribution is -0.135. The smallest absolute Gasteiger partial charge is 0.230 e. The number of rotatable bonds is 5. The average Bonchev–Trinajstić information content (AvgIpc) is 2.22. The van der Waals surface area contributed by atoms with E-state index in [1.54, 1.807) is 7.11 Å². The van der Waals surface area contributed by atoms with Crippen LogP contribution < -0.4 is 11.1 Å². The third kappa shape index (κ3) is 2.83. The van der Waals surface area contributed by atoms with E-state index in [2.05, 4.69) is 19.2 Å². The molecular weight excluding hydrogens is 248 g/mol. The van der Waals surface area contributed by atoms with E-state index in [1.165, 1.54) is 0 Å². The van der Waals surface area contributed by atoms with Crippen molar-refractivity contribution in [2.75, 3.05) is 7.11 Å². The second-order valence-corrected chi connectivity index (χ2v) is 6.44. The Morgan fingerprint density at radius 2 is 2.06 bits per heavy atom. The fourth-order valence-corrected chi connectivity index (χ4v) is 2.93. The zero-order valence-corrected chi connectivity index (χ0v) is 12.6. The molecule has 5 heteroatoms. The maximum absolute atomic E-state index is 12.2. The van der Waals surface area contributed by atoms with Gasteiger partial charge in [-0.05, 0) is 12.3 Å². The lowest BCUT2D eigenvalue weighted by Gasteiger charge is -2.51. The van der Waals surface area contributed by atoms with E-state index in [9.17, 15) is 4.79 Å². The van der Waals surface area contributed by atoms with Crippen molar-refractivity contribution < 1.29 is 9.53 Å². The first-order chi connectivity index (χ1) is 8.21. The minimum Gasteiger partial charge on any atom is -0.393 e. The number of hydrogen-bond acceptors (Lipinski definition) is 3. The second-order valence-electron chi connectivity index (χ2n) is 5.97. The van der Waals surface area contributed by atoms with Gasteiger partial charge in [0, 0.05) is 18.6 Å². The SMILES string of the molecule is COC1CC(NC(=O)C(C(N)=S)C(C)C)C1(C)C. The van der Waals surface area contributed by atoms with E-state index in [1.807, 2.05) is 13.8 Å². The molecule has 0 aromatic heterocycles. The van der Waals surface area contributed by atoms with E-state index < -0.39 is 5.92 Å². The Labute approximate surface area is 115 Å². The number of nitrogens with two attached hydrogens (primary N) is 1. The van der Waals surface area contributed by atoms with E-state index in [4.69, 9.17) is 22.7 Å². The number of carbonyl (C=O) groups is 1. The molecule has 18 heavy (non-hydrogen) atoms. The summed E-state index contributed by atoms with van der Waals surface area (Å²) in [5.41, 5.74) is 5.60. The van der Waals surface area contributed by atoms with Crippen molar-refractivity contribution in [1.29, 1.82) is 0 Å². The van der Waals surface area contributed by atoms with Gasteiger partial charge in [-0.3, -0.25) is 4.79 Å². The van der Waals surface area contributed by atoms with Crippen molar-refractivity contribution in [3.63, 3.8) is 0 Å². The van der Waals surface area contributed by atoms with Gasteiger partial charge in [-0.1, -0.05) is 39.9 Å². The molecule has 1 fully saturated rings. The number of nitrogens with one attached hydrogen (secondary N) is 1. The molecular formula is C13H24N2O2S. The lowest BCUT2D eigenvalue weighted by Crippen LogP contribution is -2.63. The third-order valence-corrected chi connectivity index (χ3v) is 4.29. The zero-order valence-electron chi connectivity index (χ0n) is 11.8. The number of carbonyl (C=O) groups excluding carboxylic acids is 1. The molecule has 3 atom stereocenters. The number of ether oxygens (including phenoxy) is 1. The minimum atomic E-state index is -0.391. The average molecular weight is 272 g/mol. The maximum Gasteiger partial charge on any atom is 0.230 e. The van der Waals surface area contributed by atoms with Gasteiger partial charge in [0.2, 0.25) is 5.91 Å². The normalized spacial score (nSPS) is 27.4. The molecule has 1 rings (SSSR count). The van der Waals surface area contributed by atoms with Gasteiger partial charge in [0.25, 0.3) is 0 Å². The molecule has 1 saturated carbocycles. The molecule has 0 radical (unpaired) electrons. The van der Waals surface area contributed by atoms with Crippen LogP contribution in [-0.4, -0.2) is 30.2 Å². The molecule has 1 aliphatic rings. The quantitative estimate of drug-likeness (QED) is 0.744. The molecule has 0 heterocycles. The van der Waals surface area contributed by atoms with Crippen molar-refractivity contribution in [2.45, 2.75) is 46.3 Å². The van der Waals surface area contributed by atoms with Crippen molar-refractivity contribution in [2.24, 2.45) is 23.0 Å². The zero-order chi connectivity index (χ0) is 14.1. The van der Waals surface area contributed by atoms with Crippen LogP contribution in [0.2, 0.25) is 0 Å². The summed E-state index contributed by atoms with van der Waals surface area (Å²) >= 11 is 4.97.